The van der Waals surface area contributed by atoms with Gasteiger partial charge in [0.15, 0.2) is 0 Å². The van der Waals surface area contributed by atoms with Crippen LogP contribution in [0, 0.1) is 0 Å². The lowest BCUT2D eigenvalue weighted by molar-refractivity contribution is -0.0357. The van der Waals surface area contributed by atoms with Crippen LogP contribution in [0.15, 0.2) is 0 Å². The second-order valence-corrected chi connectivity index (χ2v) is 9.01. The highest BCUT2D eigenvalue weighted by Gasteiger charge is 2.32. The van der Waals surface area contributed by atoms with E-state index in [0.717, 1.165) is 31.0 Å². The average Bonchev–Trinajstić information content (AvgIpc) is 3.04. The van der Waals surface area contributed by atoms with E-state index in [2.05, 4.69) is 33.9 Å². The Morgan fingerprint density at radius 3 is 2.82 bits per heavy atom. The van der Waals surface area contributed by atoms with Gasteiger partial charge in [0.2, 0.25) is 0 Å². The topological polar surface area (TPSA) is 81.5 Å². The summed E-state index contributed by atoms with van der Waals surface area (Å²) in [5, 5.41) is 12.4. The molecule has 2 aliphatic rings. The molecule has 0 unspecified atom stereocenters. The quantitative estimate of drug-likeness (QED) is 0.828. The molecule has 1 aromatic heterocycles. The summed E-state index contributed by atoms with van der Waals surface area (Å²) in [6.07, 6.45) is 3.93. The maximum atomic E-state index is 12.6. The maximum absolute atomic E-state index is 12.6. The number of rotatable bonds is 5. The summed E-state index contributed by atoms with van der Waals surface area (Å²) in [6.45, 7) is 12.6. The third-order valence-corrected chi connectivity index (χ3v) is 5.29. The molecule has 158 valence electrons. The molecule has 0 saturated carbocycles. The van der Waals surface area contributed by atoms with Crippen LogP contribution in [0.25, 0.3) is 0 Å². The molecule has 8 nitrogen and oxygen atoms in total. The van der Waals surface area contributed by atoms with Crippen molar-refractivity contribution in [1.82, 2.24) is 25.0 Å². The highest BCUT2D eigenvalue weighted by atomic mass is 16.6. The first-order valence-electron chi connectivity index (χ1n) is 10.5. The van der Waals surface area contributed by atoms with Gasteiger partial charge in [-0.1, -0.05) is 0 Å². The minimum Gasteiger partial charge on any atom is -0.444 e. The van der Waals surface area contributed by atoms with Crippen molar-refractivity contribution in [2.75, 3.05) is 19.8 Å². The Hall–Kier alpha value is -1.67. The van der Waals surface area contributed by atoms with Crippen molar-refractivity contribution in [1.29, 1.82) is 0 Å². The van der Waals surface area contributed by atoms with Gasteiger partial charge in [-0.3, -0.25) is 0 Å². The number of carbonyl (C=O) groups excluding carboxylic acids is 1. The lowest BCUT2D eigenvalue weighted by Crippen LogP contribution is -2.52. The molecule has 8 heteroatoms. The summed E-state index contributed by atoms with van der Waals surface area (Å²) in [6, 6.07) is 0.308. The molecule has 0 bridgehead atoms. The van der Waals surface area contributed by atoms with Crippen LogP contribution in [-0.2, 0) is 22.4 Å². The molecule has 0 aliphatic carbocycles. The number of ether oxygens (including phenoxy) is 2. The summed E-state index contributed by atoms with van der Waals surface area (Å²) < 4.78 is 13.5. The van der Waals surface area contributed by atoms with Gasteiger partial charge in [-0.25, -0.2) is 4.79 Å². The van der Waals surface area contributed by atoms with Crippen LogP contribution in [0.3, 0.4) is 0 Å². The summed E-state index contributed by atoms with van der Waals surface area (Å²) in [7, 11) is 0. The highest BCUT2D eigenvalue weighted by Crippen LogP contribution is 2.21. The van der Waals surface area contributed by atoms with E-state index in [0.29, 0.717) is 19.8 Å². The molecule has 0 radical (unpaired) electrons. The lowest BCUT2D eigenvalue weighted by atomic mass is 10.1. The molecule has 3 atom stereocenters. The van der Waals surface area contributed by atoms with Crippen LogP contribution >= 0.6 is 0 Å². The summed E-state index contributed by atoms with van der Waals surface area (Å²) in [4.78, 5) is 14.4. The van der Waals surface area contributed by atoms with E-state index in [9.17, 15) is 4.79 Å². The number of amides is 1. The number of hydrogen-bond donors (Lipinski definition) is 1. The molecular formula is C20H35N5O3. The van der Waals surface area contributed by atoms with Gasteiger partial charge in [-0.05, 0) is 53.9 Å². The molecular weight excluding hydrogens is 358 g/mol. The van der Waals surface area contributed by atoms with Crippen molar-refractivity contribution in [2.24, 2.45) is 0 Å². The van der Waals surface area contributed by atoms with Gasteiger partial charge in [0.05, 0.1) is 25.3 Å². The fraction of sp³-hybridized carbons (Fsp3) is 0.850. The van der Waals surface area contributed by atoms with Crippen molar-refractivity contribution in [3.05, 3.63) is 11.6 Å². The van der Waals surface area contributed by atoms with E-state index in [-0.39, 0.29) is 24.2 Å². The molecule has 28 heavy (non-hydrogen) atoms. The van der Waals surface area contributed by atoms with Crippen molar-refractivity contribution in [3.8, 4) is 0 Å². The predicted octanol–water partition coefficient (Wildman–Crippen LogP) is 2.68. The van der Waals surface area contributed by atoms with Crippen molar-refractivity contribution >= 4 is 6.09 Å². The lowest BCUT2D eigenvalue weighted by Gasteiger charge is -2.38. The Bertz CT molecular complexity index is 669. The van der Waals surface area contributed by atoms with Gasteiger partial charge in [0, 0.05) is 25.6 Å². The van der Waals surface area contributed by atoms with Gasteiger partial charge in [0.25, 0.3) is 0 Å². The Balaban J connectivity index is 1.58. The minimum absolute atomic E-state index is 0.00520. The molecule has 3 heterocycles. The van der Waals surface area contributed by atoms with Crippen LogP contribution in [-0.4, -0.2) is 63.2 Å². The van der Waals surface area contributed by atoms with Gasteiger partial charge >= 0.3 is 6.09 Å². The van der Waals surface area contributed by atoms with Gasteiger partial charge in [-0.15, -0.1) is 10.2 Å². The first kappa shape index (κ1) is 21.0. The minimum atomic E-state index is -0.495. The number of carbonyl (C=O) groups is 1. The molecule has 1 fully saturated rings. The second-order valence-electron chi connectivity index (χ2n) is 9.01. The molecule has 1 saturated heterocycles. The number of aromatic nitrogens is 3. The monoisotopic (exact) mass is 393 g/mol. The smallest absolute Gasteiger partial charge is 0.410 e. The largest absolute Gasteiger partial charge is 0.444 e. The van der Waals surface area contributed by atoms with E-state index in [4.69, 9.17) is 9.47 Å². The zero-order valence-electron chi connectivity index (χ0n) is 17.9. The number of nitrogens with zero attached hydrogens (tertiary/aromatic N) is 4. The summed E-state index contributed by atoms with van der Waals surface area (Å²) in [5.74, 6) is 2.10. The van der Waals surface area contributed by atoms with Crippen molar-refractivity contribution in [2.45, 2.75) is 90.6 Å². The summed E-state index contributed by atoms with van der Waals surface area (Å²) >= 11 is 0. The normalized spacial score (nSPS) is 22.5. The zero-order chi connectivity index (χ0) is 20.3. The predicted molar refractivity (Wildman–Crippen MR) is 106 cm³/mol. The fourth-order valence-corrected chi connectivity index (χ4v) is 4.04. The molecule has 1 aromatic rings. The van der Waals surface area contributed by atoms with Crippen LogP contribution in [0.5, 0.6) is 0 Å². The van der Waals surface area contributed by atoms with Crippen LogP contribution < -0.4 is 5.32 Å². The molecule has 2 aliphatic heterocycles. The fourth-order valence-electron chi connectivity index (χ4n) is 4.04. The first-order chi connectivity index (χ1) is 13.2. The Morgan fingerprint density at radius 1 is 1.29 bits per heavy atom. The molecule has 0 spiro atoms. The molecule has 1 N–H and O–H groups in total. The van der Waals surface area contributed by atoms with Gasteiger partial charge in [0.1, 0.15) is 17.2 Å². The first-order valence-corrected chi connectivity index (χ1v) is 10.5. The van der Waals surface area contributed by atoms with Gasteiger partial charge in [-0.2, -0.15) is 0 Å². The van der Waals surface area contributed by atoms with Crippen molar-refractivity contribution in [3.63, 3.8) is 0 Å². The number of fused-ring (bicyclic) bond motifs is 1. The zero-order valence-corrected chi connectivity index (χ0v) is 17.9. The van der Waals surface area contributed by atoms with E-state index in [1.54, 1.807) is 0 Å². The van der Waals surface area contributed by atoms with E-state index in [1.165, 1.54) is 12.8 Å². The Kier molecular flexibility index (Phi) is 6.60. The standard InChI is InChI=1S/C20H35N5O3/c1-14(21-15(2)18-23-22-17-8-6-7-9-25(17)18)12-16-13-27-11-10-24(16)19(26)28-20(3,4)5/h14-16,21H,6-13H2,1-5H3/t14-,15+,16+/m1/s1. The Morgan fingerprint density at radius 2 is 2.07 bits per heavy atom. The Labute approximate surface area is 168 Å². The molecule has 1 amide bonds. The molecule has 3 rings (SSSR count). The van der Waals surface area contributed by atoms with E-state index < -0.39 is 5.60 Å². The van der Waals surface area contributed by atoms with E-state index >= 15 is 0 Å². The van der Waals surface area contributed by atoms with E-state index in [1.807, 2.05) is 25.7 Å². The number of nitrogens with one attached hydrogen (secondary N) is 1. The summed E-state index contributed by atoms with van der Waals surface area (Å²) in [5.41, 5.74) is -0.495. The number of morpholine rings is 1. The SMILES string of the molecule is C[C@H](C[C@H]1COCCN1C(=O)OC(C)(C)C)N[C@@H](C)c1nnc2n1CCCC2. The average molecular weight is 394 g/mol. The van der Waals surface area contributed by atoms with Crippen LogP contribution in [0.2, 0.25) is 0 Å². The second kappa shape index (κ2) is 8.78. The van der Waals surface area contributed by atoms with Crippen molar-refractivity contribution < 1.29 is 14.3 Å². The third-order valence-electron chi connectivity index (χ3n) is 5.29. The highest BCUT2D eigenvalue weighted by molar-refractivity contribution is 5.68. The van der Waals surface area contributed by atoms with Crippen LogP contribution in [0.1, 0.15) is 71.6 Å². The molecule has 0 aromatic carbocycles. The van der Waals surface area contributed by atoms with Crippen LogP contribution in [0.4, 0.5) is 4.79 Å². The van der Waals surface area contributed by atoms with Gasteiger partial charge < -0.3 is 24.3 Å². The number of aryl methyl sites for hydroxylation is 1. The third kappa shape index (κ3) is 5.23. The maximum Gasteiger partial charge on any atom is 0.410 e. The number of hydrogen-bond acceptors (Lipinski definition) is 6.